The summed E-state index contributed by atoms with van der Waals surface area (Å²) in [6, 6.07) is 8.27. The maximum Gasteiger partial charge on any atom is 0.240 e. The third-order valence-corrected chi connectivity index (χ3v) is 5.10. The van der Waals surface area contributed by atoms with Crippen molar-refractivity contribution in [1.29, 1.82) is 0 Å². The number of nitrogens with one attached hydrogen (secondary N) is 1. The number of piperidine rings is 1. The van der Waals surface area contributed by atoms with Crippen LogP contribution in [0.15, 0.2) is 35.7 Å². The normalized spacial score (nSPS) is 19.8. The lowest BCUT2D eigenvalue weighted by Crippen LogP contribution is -2.49. The second-order valence-corrected chi connectivity index (χ2v) is 7.49. The molecule has 0 aromatic heterocycles. The summed E-state index contributed by atoms with van der Waals surface area (Å²) in [6.45, 7) is 2.65. The van der Waals surface area contributed by atoms with E-state index in [9.17, 15) is 13.2 Å². The van der Waals surface area contributed by atoms with Crippen LogP contribution in [0.5, 0.6) is 0 Å². The van der Waals surface area contributed by atoms with Crippen LogP contribution in [-0.4, -0.2) is 38.4 Å². The molecule has 0 aliphatic carbocycles. The first-order valence-electron chi connectivity index (χ1n) is 7.91. The number of carbonyl (C=O) groups is 1. The first kappa shape index (κ1) is 18.2. The number of hydrogen-bond acceptors (Lipinski definition) is 3. The lowest BCUT2D eigenvalue weighted by molar-refractivity contribution is -0.133. The Labute approximate surface area is 143 Å². The standard InChI is InChI=1S/C18H22N2O3S/c1-3-16-10-7-12-20(14-16)18(21)15(2)19-24(22,23)13-11-17-8-5-4-6-9-17/h1,4-6,8-9,11,13,15-16,19H,7,10,12,14H2,2H3/b13-11+. The lowest BCUT2D eigenvalue weighted by atomic mass is 9.98. The van der Waals surface area contributed by atoms with Crippen LogP contribution in [0.2, 0.25) is 0 Å². The molecular formula is C18H22N2O3S. The van der Waals surface area contributed by atoms with Crippen LogP contribution in [0.25, 0.3) is 6.08 Å². The molecule has 2 atom stereocenters. The highest BCUT2D eigenvalue weighted by Gasteiger charge is 2.27. The van der Waals surface area contributed by atoms with Crippen molar-refractivity contribution in [3.8, 4) is 12.3 Å². The highest BCUT2D eigenvalue weighted by atomic mass is 32.2. The fourth-order valence-electron chi connectivity index (χ4n) is 2.66. The van der Waals surface area contributed by atoms with Gasteiger partial charge in [0.25, 0.3) is 0 Å². The van der Waals surface area contributed by atoms with Crippen LogP contribution in [0.1, 0.15) is 25.3 Å². The van der Waals surface area contributed by atoms with Gasteiger partial charge in [0.1, 0.15) is 0 Å². The van der Waals surface area contributed by atoms with Gasteiger partial charge in [0.05, 0.1) is 6.04 Å². The van der Waals surface area contributed by atoms with Gasteiger partial charge in [-0.15, -0.1) is 12.3 Å². The van der Waals surface area contributed by atoms with E-state index in [0.29, 0.717) is 13.1 Å². The number of amides is 1. The molecule has 1 heterocycles. The Bertz CT molecular complexity index is 735. The Morgan fingerprint density at radius 3 is 2.79 bits per heavy atom. The summed E-state index contributed by atoms with van der Waals surface area (Å²) >= 11 is 0. The van der Waals surface area contributed by atoms with Crippen molar-refractivity contribution < 1.29 is 13.2 Å². The number of benzene rings is 1. The second-order valence-electron chi connectivity index (χ2n) is 5.89. The number of hydrogen-bond donors (Lipinski definition) is 1. The van der Waals surface area contributed by atoms with Crippen LogP contribution >= 0.6 is 0 Å². The van der Waals surface area contributed by atoms with Gasteiger partial charge < -0.3 is 4.90 Å². The monoisotopic (exact) mass is 346 g/mol. The zero-order chi connectivity index (χ0) is 17.6. The minimum absolute atomic E-state index is 0.0458. The molecule has 6 heteroatoms. The molecule has 1 aromatic rings. The molecular weight excluding hydrogens is 324 g/mol. The lowest BCUT2D eigenvalue weighted by Gasteiger charge is -2.32. The van der Waals surface area contributed by atoms with Gasteiger partial charge >= 0.3 is 0 Å². The van der Waals surface area contributed by atoms with Gasteiger partial charge in [-0.05, 0) is 31.4 Å². The summed E-state index contributed by atoms with van der Waals surface area (Å²) in [5.74, 6) is 2.47. The molecule has 1 saturated heterocycles. The van der Waals surface area contributed by atoms with Gasteiger partial charge in [-0.2, -0.15) is 4.72 Å². The van der Waals surface area contributed by atoms with Gasteiger partial charge in [0, 0.05) is 24.4 Å². The Balaban J connectivity index is 1.97. The summed E-state index contributed by atoms with van der Waals surface area (Å²) in [4.78, 5) is 14.1. The van der Waals surface area contributed by atoms with Crippen molar-refractivity contribution in [3.05, 3.63) is 41.3 Å². The molecule has 1 aromatic carbocycles. The van der Waals surface area contributed by atoms with Gasteiger partial charge in [-0.25, -0.2) is 8.42 Å². The van der Waals surface area contributed by atoms with Gasteiger partial charge in [0.2, 0.25) is 15.9 Å². The largest absolute Gasteiger partial charge is 0.340 e. The van der Waals surface area contributed by atoms with Gasteiger partial charge in [0.15, 0.2) is 0 Å². The van der Waals surface area contributed by atoms with Crippen molar-refractivity contribution in [2.45, 2.75) is 25.8 Å². The number of likely N-dealkylation sites (tertiary alicyclic amines) is 1. The molecule has 1 aliphatic heterocycles. The van der Waals surface area contributed by atoms with Crippen LogP contribution in [0.3, 0.4) is 0 Å². The fraction of sp³-hybridized carbons (Fsp3) is 0.389. The summed E-state index contributed by atoms with van der Waals surface area (Å²) < 4.78 is 26.6. The summed E-state index contributed by atoms with van der Waals surface area (Å²) in [6.07, 6.45) is 8.67. The van der Waals surface area contributed by atoms with Crippen molar-refractivity contribution >= 4 is 22.0 Å². The second kappa shape index (κ2) is 8.13. The zero-order valence-electron chi connectivity index (χ0n) is 13.7. The molecule has 0 spiro atoms. The van der Waals surface area contributed by atoms with Crippen LogP contribution in [0.4, 0.5) is 0 Å². The van der Waals surface area contributed by atoms with E-state index in [1.165, 1.54) is 6.08 Å². The fourth-order valence-corrected chi connectivity index (χ4v) is 3.66. The Kier molecular flexibility index (Phi) is 6.18. The van der Waals surface area contributed by atoms with E-state index in [2.05, 4.69) is 10.6 Å². The van der Waals surface area contributed by atoms with Crippen LogP contribution in [-0.2, 0) is 14.8 Å². The number of rotatable bonds is 5. The highest BCUT2D eigenvalue weighted by molar-refractivity contribution is 7.92. The highest BCUT2D eigenvalue weighted by Crippen LogP contribution is 2.16. The first-order valence-corrected chi connectivity index (χ1v) is 9.46. The van der Waals surface area contributed by atoms with E-state index in [1.807, 2.05) is 18.2 Å². The van der Waals surface area contributed by atoms with E-state index in [-0.39, 0.29) is 11.8 Å². The maximum atomic E-state index is 12.4. The molecule has 24 heavy (non-hydrogen) atoms. The molecule has 2 rings (SSSR count). The first-order chi connectivity index (χ1) is 11.4. The third-order valence-electron chi connectivity index (χ3n) is 3.92. The van der Waals surface area contributed by atoms with Crippen molar-refractivity contribution in [2.75, 3.05) is 13.1 Å². The molecule has 1 N–H and O–H groups in total. The summed E-state index contributed by atoms with van der Waals surface area (Å²) in [5.41, 5.74) is 0.773. The van der Waals surface area contributed by atoms with E-state index in [1.54, 1.807) is 24.0 Å². The average molecular weight is 346 g/mol. The third kappa shape index (κ3) is 5.22. The number of terminal acetylenes is 1. The minimum Gasteiger partial charge on any atom is -0.340 e. The molecule has 0 radical (unpaired) electrons. The number of nitrogens with zero attached hydrogens (tertiary/aromatic N) is 1. The molecule has 1 fully saturated rings. The minimum atomic E-state index is -3.70. The van der Waals surface area contributed by atoms with Gasteiger partial charge in [-0.1, -0.05) is 30.3 Å². The Morgan fingerprint density at radius 1 is 1.42 bits per heavy atom. The molecule has 2 unspecified atom stereocenters. The number of sulfonamides is 1. The molecule has 128 valence electrons. The van der Waals surface area contributed by atoms with E-state index in [0.717, 1.165) is 23.8 Å². The molecule has 5 nitrogen and oxygen atoms in total. The SMILES string of the molecule is C#CC1CCCN(C(=O)C(C)NS(=O)(=O)/C=C/c2ccccc2)C1. The molecule has 1 aliphatic rings. The average Bonchev–Trinajstić information content (AvgIpc) is 2.60. The number of carbonyl (C=O) groups excluding carboxylic acids is 1. The topological polar surface area (TPSA) is 66.5 Å². The van der Waals surface area contributed by atoms with Crippen molar-refractivity contribution in [1.82, 2.24) is 9.62 Å². The van der Waals surface area contributed by atoms with Crippen LogP contribution in [0, 0.1) is 18.3 Å². The summed E-state index contributed by atoms with van der Waals surface area (Å²) in [7, 11) is -3.70. The quantitative estimate of drug-likeness (QED) is 0.827. The predicted octanol–water partition coefficient (Wildman–Crippen LogP) is 1.84. The smallest absolute Gasteiger partial charge is 0.240 e. The molecule has 0 bridgehead atoms. The Hall–Kier alpha value is -2.10. The predicted molar refractivity (Wildman–Crippen MR) is 95.1 cm³/mol. The van der Waals surface area contributed by atoms with E-state index >= 15 is 0 Å². The Morgan fingerprint density at radius 2 is 2.12 bits per heavy atom. The molecule has 0 saturated carbocycles. The zero-order valence-corrected chi connectivity index (χ0v) is 14.5. The van der Waals surface area contributed by atoms with Gasteiger partial charge in [-0.3, -0.25) is 4.79 Å². The van der Waals surface area contributed by atoms with Crippen LogP contribution < -0.4 is 4.72 Å². The van der Waals surface area contributed by atoms with E-state index in [4.69, 9.17) is 6.42 Å². The van der Waals surface area contributed by atoms with E-state index < -0.39 is 16.1 Å². The summed E-state index contributed by atoms with van der Waals surface area (Å²) in [5, 5.41) is 1.08. The molecule has 1 amide bonds. The van der Waals surface area contributed by atoms with Crippen molar-refractivity contribution in [3.63, 3.8) is 0 Å². The van der Waals surface area contributed by atoms with Crippen molar-refractivity contribution in [2.24, 2.45) is 5.92 Å². The maximum absolute atomic E-state index is 12.4.